The topological polar surface area (TPSA) is 22.8 Å². The van der Waals surface area contributed by atoms with E-state index in [1.54, 1.807) is 0 Å². The molecule has 69 heavy (non-hydrogen) atoms. The summed E-state index contributed by atoms with van der Waals surface area (Å²) in [7, 11) is 0. The number of hydrogen-bond acceptors (Lipinski definition) is 1. The fraction of sp³-hybridized carbons (Fsp3) is 0.0152. The first-order chi connectivity index (χ1) is 34.1. The van der Waals surface area contributed by atoms with Crippen molar-refractivity contribution in [3.63, 3.8) is 0 Å². The van der Waals surface area contributed by atoms with Crippen molar-refractivity contribution in [3.05, 3.63) is 260 Å². The normalized spacial score (nSPS) is 11.6. The van der Waals surface area contributed by atoms with Crippen molar-refractivity contribution in [2.24, 2.45) is 0 Å². The molecule has 3 nitrogen and oxygen atoms in total. The first-order valence-electron chi connectivity index (χ1n) is 23.7. The lowest BCUT2D eigenvalue weighted by Gasteiger charge is -2.16. The lowest BCUT2D eigenvalue weighted by molar-refractivity contribution is 1.18. The zero-order valence-corrected chi connectivity index (χ0v) is 38.1. The summed E-state index contributed by atoms with van der Waals surface area (Å²) in [5, 5.41) is 4.95. The molecule has 0 atom stereocenters. The number of rotatable bonds is 8. The van der Waals surface area contributed by atoms with Gasteiger partial charge in [-0.2, -0.15) is 0 Å². The van der Waals surface area contributed by atoms with E-state index in [4.69, 9.17) is 4.98 Å². The lowest BCUT2D eigenvalue weighted by atomic mass is 9.92. The Hall–Kier alpha value is -9.05. The van der Waals surface area contributed by atoms with E-state index in [1.807, 2.05) is 0 Å². The predicted octanol–water partition coefficient (Wildman–Crippen LogP) is 17.6. The lowest BCUT2D eigenvalue weighted by Crippen LogP contribution is -1.96. The first-order valence-corrected chi connectivity index (χ1v) is 23.7. The maximum Gasteiger partial charge on any atom is 0.0745 e. The van der Waals surface area contributed by atoms with E-state index in [1.165, 1.54) is 77.0 Å². The third-order valence-electron chi connectivity index (χ3n) is 13.9. The van der Waals surface area contributed by atoms with Crippen LogP contribution >= 0.6 is 0 Å². The van der Waals surface area contributed by atoms with Crippen LogP contribution in [0.15, 0.2) is 255 Å². The van der Waals surface area contributed by atoms with E-state index < -0.39 is 0 Å². The van der Waals surface area contributed by atoms with Crippen LogP contribution in [-0.4, -0.2) is 14.1 Å². The zero-order chi connectivity index (χ0) is 45.8. The smallest absolute Gasteiger partial charge is 0.0745 e. The van der Waals surface area contributed by atoms with Crippen molar-refractivity contribution in [3.8, 4) is 78.4 Å². The molecule has 0 fully saturated rings. The fourth-order valence-electron chi connectivity index (χ4n) is 10.6. The number of para-hydroxylation sites is 3. The van der Waals surface area contributed by atoms with Crippen LogP contribution in [0.4, 0.5) is 0 Å². The highest BCUT2D eigenvalue weighted by Gasteiger charge is 2.20. The molecule has 0 N–H and O–H groups in total. The highest BCUT2D eigenvalue weighted by Crippen LogP contribution is 2.42. The standard InChI is InChI=1S/C66H45N3/c1-44-59(47-36-34-46(35-37-47)45-18-5-2-6-19-45)43-60(48-20-7-3-8-21-48)67-66(44)52-24-15-23-51(40-52)55-30-17-33-63-65(55)58-29-12-14-32-62(58)69(63)54-27-16-22-49(41-54)50-38-39-57-56-28-11-13-31-61(56)68(64(57)42-50)53-25-9-4-10-26-53/h2-43H,1H3. The number of hydrogen-bond donors (Lipinski definition) is 0. The Bertz CT molecular complexity index is 4050. The van der Waals surface area contributed by atoms with E-state index >= 15 is 0 Å². The van der Waals surface area contributed by atoms with Crippen LogP contribution in [0, 0.1) is 6.92 Å². The van der Waals surface area contributed by atoms with Gasteiger partial charge in [0.1, 0.15) is 0 Å². The molecule has 13 aromatic rings. The number of nitrogens with zero attached hydrogens (tertiary/aromatic N) is 3. The number of aromatic nitrogens is 3. The van der Waals surface area contributed by atoms with Crippen molar-refractivity contribution >= 4 is 43.6 Å². The molecule has 0 bridgehead atoms. The largest absolute Gasteiger partial charge is 0.309 e. The SMILES string of the molecule is Cc1c(-c2ccc(-c3ccccc3)cc2)cc(-c2ccccc2)nc1-c1cccc(-c2cccc3c2c2ccccc2n3-c2cccc(-c3ccc4c5ccccc5n(-c5ccccc5)c4c3)c2)c1. The summed E-state index contributed by atoms with van der Waals surface area (Å²) >= 11 is 0. The van der Waals surface area contributed by atoms with Crippen LogP contribution in [0.5, 0.6) is 0 Å². The van der Waals surface area contributed by atoms with Crippen LogP contribution in [0.25, 0.3) is 122 Å². The summed E-state index contributed by atoms with van der Waals surface area (Å²) in [4.78, 5) is 5.43. The molecule has 324 valence electrons. The van der Waals surface area contributed by atoms with Gasteiger partial charge >= 0.3 is 0 Å². The van der Waals surface area contributed by atoms with Gasteiger partial charge in [0.2, 0.25) is 0 Å². The Kier molecular flexibility index (Phi) is 9.73. The second-order valence-electron chi connectivity index (χ2n) is 17.9. The van der Waals surface area contributed by atoms with Crippen molar-refractivity contribution in [2.45, 2.75) is 6.92 Å². The Morgan fingerprint density at radius 2 is 0.797 bits per heavy atom. The van der Waals surface area contributed by atoms with Gasteiger partial charge in [-0.3, -0.25) is 0 Å². The molecule has 3 aromatic heterocycles. The molecule has 3 heteroatoms. The number of fused-ring (bicyclic) bond motifs is 6. The molecular weight excluding hydrogens is 835 g/mol. The molecule has 0 aliphatic heterocycles. The van der Waals surface area contributed by atoms with E-state index in [2.05, 4.69) is 271 Å². The molecule has 0 aliphatic rings. The van der Waals surface area contributed by atoms with Gasteiger partial charge in [0.15, 0.2) is 0 Å². The minimum atomic E-state index is 0.953. The van der Waals surface area contributed by atoms with Gasteiger partial charge in [0.25, 0.3) is 0 Å². The van der Waals surface area contributed by atoms with E-state index in [0.29, 0.717) is 0 Å². The third-order valence-corrected chi connectivity index (χ3v) is 13.9. The predicted molar refractivity (Wildman–Crippen MR) is 290 cm³/mol. The zero-order valence-electron chi connectivity index (χ0n) is 38.1. The Morgan fingerprint density at radius 1 is 0.290 bits per heavy atom. The molecule has 0 aliphatic carbocycles. The number of pyridine rings is 1. The van der Waals surface area contributed by atoms with Gasteiger partial charge in [0.05, 0.1) is 33.5 Å². The number of benzene rings is 10. The van der Waals surface area contributed by atoms with Gasteiger partial charge in [-0.05, 0) is 118 Å². The van der Waals surface area contributed by atoms with Gasteiger partial charge in [0, 0.05) is 44.0 Å². The molecule has 0 saturated carbocycles. The molecule has 10 aromatic carbocycles. The molecule has 0 radical (unpaired) electrons. The monoisotopic (exact) mass is 879 g/mol. The summed E-state index contributed by atoms with van der Waals surface area (Å²) in [5.74, 6) is 0. The quantitative estimate of drug-likeness (QED) is 0.149. The third kappa shape index (κ3) is 6.94. The average Bonchev–Trinajstić information content (AvgIpc) is 3.95. The second-order valence-corrected chi connectivity index (χ2v) is 17.9. The van der Waals surface area contributed by atoms with Crippen molar-refractivity contribution in [1.29, 1.82) is 0 Å². The van der Waals surface area contributed by atoms with Crippen LogP contribution in [0.2, 0.25) is 0 Å². The Labute approximate surface area is 401 Å². The van der Waals surface area contributed by atoms with E-state index in [-0.39, 0.29) is 0 Å². The fourth-order valence-corrected chi connectivity index (χ4v) is 10.6. The minimum absolute atomic E-state index is 0.953. The molecule has 0 amide bonds. The highest BCUT2D eigenvalue weighted by atomic mass is 15.0. The minimum Gasteiger partial charge on any atom is -0.309 e. The molecule has 0 unspecified atom stereocenters. The van der Waals surface area contributed by atoms with Crippen LogP contribution in [0.3, 0.4) is 0 Å². The highest BCUT2D eigenvalue weighted by molar-refractivity contribution is 6.16. The summed E-state index contributed by atoms with van der Waals surface area (Å²) in [6.07, 6.45) is 0. The maximum atomic E-state index is 5.43. The van der Waals surface area contributed by atoms with Crippen molar-refractivity contribution in [2.75, 3.05) is 0 Å². The molecule has 0 spiro atoms. The first kappa shape index (κ1) is 40.2. The van der Waals surface area contributed by atoms with Crippen molar-refractivity contribution in [1.82, 2.24) is 14.1 Å². The molecule has 0 saturated heterocycles. The summed E-state index contributed by atoms with van der Waals surface area (Å²) in [6.45, 7) is 2.22. The van der Waals surface area contributed by atoms with Crippen LogP contribution in [-0.2, 0) is 0 Å². The van der Waals surface area contributed by atoms with Gasteiger partial charge < -0.3 is 9.13 Å². The van der Waals surface area contributed by atoms with Crippen LogP contribution in [0.1, 0.15) is 5.56 Å². The van der Waals surface area contributed by atoms with Crippen LogP contribution < -0.4 is 0 Å². The average molecular weight is 880 g/mol. The molecule has 13 rings (SSSR count). The second kappa shape index (κ2) is 16.7. The summed E-state index contributed by atoms with van der Waals surface area (Å²) in [6, 6.07) is 92.2. The van der Waals surface area contributed by atoms with Gasteiger partial charge in [-0.25, -0.2) is 4.98 Å². The maximum absolute atomic E-state index is 5.43. The summed E-state index contributed by atoms with van der Waals surface area (Å²) < 4.78 is 4.83. The van der Waals surface area contributed by atoms with Gasteiger partial charge in [-0.1, -0.05) is 194 Å². The van der Waals surface area contributed by atoms with Crippen molar-refractivity contribution < 1.29 is 0 Å². The van der Waals surface area contributed by atoms with Gasteiger partial charge in [-0.15, -0.1) is 0 Å². The van der Waals surface area contributed by atoms with E-state index in [0.717, 1.165) is 50.5 Å². The Balaban J connectivity index is 0.929. The molecule has 3 heterocycles. The van der Waals surface area contributed by atoms with E-state index in [9.17, 15) is 0 Å². The summed E-state index contributed by atoms with van der Waals surface area (Å²) in [5.41, 5.74) is 21.7. The Morgan fingerprint density at radius 3 is 1.58 bits per heavy atom. The molecular formula is C66H45N3.